The second-order valence-electron chi connectivity index (χ2n) is 4.83. The maximum Gasteiger partial charge on any atom is 0.133 e. The van der Waals surface area contributed by atoms with Crippen molar-refractivity contribution in [1.82, 2.24) is 15.0 Å². The predicted molar refractivity (Wildman–Crippen MR) is 63.2 cm³/mol. The van der Waals surface area contributed by atoms with E-state index in [0.29, 0.717) is 6.04 Å². The third-order valence-electron chi connectivity index (χ3n) is 3.20. The average Bonchev–Trinajstić information content (AvgIpc) is 2.65. The van der Waals surface area contributed by atoms with Gasteiger partial charge in [-0.05, 0) is 20.8 Å². The Labute approximate surface area is 97.2 Å². The third-order valence-corrected chi connectivity index (χ3v) is 3.20. The van der Waals surface area contributed by atoms with Gasteiger partial charge in [0, 0.05) is 44.8 Å². The number of hydrogen-bond donors (Lipinski definition) is 0. The van der Waals surface area contributed by atoms with E-state index in [-0.39, 0.29) is 0 Å². The normalized spacial score (nSPS) is 19.5. The van der Waals surface area contributed by atoms with Gasteiger partial charge >= 0.3 is 0 Å². The lowest BCUT2D eigenvalue weighted by Crippen LogP contribution is -2.48. The highest BCUT2D eigenvalue weighted by Gasteiger charge is 2.19. The van der Waals surface area contributed by atoms with Crippen LogP contribution in [0.5, 0.6) is 0 Å². The van der Waals surface area contributed by atoms with E-state index in [9.17, 15) is 0 Å². The maximum atomic E-state index is 5.08. The number of hydrogen-bond acceptors (Lipinski definition) is 4. The Morgan fingerprint density at radius 1 is 1.31 bits per heavy atom. The van der Waals surface area contributed by atoms with Crippen LogP contribution in [-0.4, -0.2) is 47.2 Å². The van der Waals surface area contributed by atoms with E-state index in [4.69, 9.17) is 4.52 Å². The van der Waals surface area contributed by atoms with E-state index in [0.717, 1.165) is 44.2 Å². The van der Waals surface area contributed by atoms with Crippen molar-refractivity contribution < 1.29 is 4.52 Å². The Morgan fingerprint density at radius 3 is 2.50 bits per heavy atom. The summed E-state index contributed by atoms with van der Waals surface area (Å²) in [6, 6.07) is 2.69. The van der Waals surface area contributed by atoms with Crippen molar-refractivity contribution in [3.8, 4) is 0 Å². The van der Waals surface area contributed by atoms with Crippen molar-refractivity contribution in [1.29, 1.82) is 0 Å². The lowest BCUT2D eigenvalue weighted by molar-refractivity contribution is 0.102. The number of aryl methyl sites for hydroxylation is 1. The fraction of sp³-hybridized carbons (Fsp3) is 0.750. The molecule has 1 aliphatic heterocycles. The van der Waals surface area contributed by atoms with Crippen LogP contribution in [0.4, 0.5) is 0 Å². The Hall–Kier alpha value is -0.870. The van der Waals surface area contributed by atoms with Crippen molar-refractivity contribution in [3.63, 3.8) is 0 Å². The molecule has 16 heavy (non-hydrogen) atoms. The minimum atomic E-state index is 0.663. The minimum absolute atomic E-state index is 0.663. The molecule has 0 spiro atoms. The SMILES string of the molecule is Cc1cc(CN2CCN(C(C)C)CC2)no1. The van der Waals surface area contributed by atoms with Gasteiger partial charge in [0.05, 0.1) is 5.69 Å². The smallest absolute Gasteiger partial charge is 0.133 e. The van der Waals surface area contributed by atoms with Crippen LogP contribution in [0, 0.1) is 6.92 Å². The standard InChI is InChI=1S/C12H21N3O/c1-10(2)15-6-4-14(5-7-15)9-12-8-11(3)16-13-12/h8,10H,4-7,9H2,1-3H3. The van der Waals surface area contributed by atoms with E-state index < -0.39 is 0 Å². The summed E-state index contributed by atoms with van der Waals surface area (Å²) in [7, 11) is 0. The van der Waals surface area contributed by atoms with Gasteiger partial charge in [-0.2, -0.15) is 0 Å². The van der Waals surface area contributed by atoms with Crippen LogP contribution in [0.25, 0.3) is 0 Å². The molecule has 0 bridgehead atoms. The van der Waals surface area contributed by atoms with Crippen LogP contribution in [0.15, 0.2) is 10.6 Å². The summed E-state index contributed by atoms with van der Waals surface area (Å²) < 4.78 is 5.08. The first-order valence-electron chi connectivity index (χ1n) is 6.04. The fourth-order valence-corrected chi connectivity index (χ4v) is 2.16. The van der Waals surface area contributed by atoms with Crippen LogP contribution < -0.4 is 0 Å². The highest BCUT2D eigenvalue weighted by atomic mass is 16.5. The van der Waals surface area contributed by atoms with Crippen LogP contribution in [0.2, 0.25) is 0 Å². The Bertz CT molecular complexity index is 327. The van der Waals surface area contributed by atoms with Gasteiger partial charge in [0.25, 0.3) is 0 Å². The summed E-state index contributed by atoms with van der Waals surface area (Å²) >= 11 is 0. The molecule has 0 radical (unpaired) electrons. The first-order valence-corrected chi connectivity index (χ1v) is 6.04. The Kier molecular flexibility index (Phi) is 3.61. The molecule has 0 unspecified atom stereocenters. The van der Waals surface area contributed by atoms with Crippen LogP contribution >= 0.6 is 0 Å². The molecule has 1 saturated heterocycles. The van der Waals surface area contributed by atoms with E-state index in [1.807, 2.05) is 13.0 Å². The lowest BCUT2D eigenvalue weighted by Gasteiger charge is -2.36. The van der Waals surface area contributed by atoms with Gasteiger partial charge < -0.3 is 4.52 Å². The molecule has 4 nitrogen and oxygen atoms in total. The third kappa shape index (κ3) is 2.83. The molecular weight excluding hydrogens is 202 g/mol. The molecule has 0 saturated carbocycles. The highest BCUT2D eigenvalue weighted by molar-refractivity contribution is 5.03. The van der Waals surface area contributed by atoms with Gasteiger partial charge in [0.2, 0.25) is 0 Å². The van der Waals surface area contributed by atoms with Gasteiger partial charge in [-0.25, -0.2) is 0 Å². The summed E-state index contributed by atoms with van der Waals surface area (Å²) in [4.78, 5) is 4.96. The zero-order valence-electron chi connectivity index (χ0n) is 10.4. The number of rotatable bonds is 3. The van der Waals surface area contributed by atoms with Crippen molar-refractivity contribution in [3.05, 3.63) is 17.5 Å². The average molecular weight is 223 g/mol. The summed E-state index contributed by atoms with van der Waals surface area (Å²) in [5, 5.41) is 4.03. The number of nitrogens with zero attached hydrogens (tertiary/aromatic N) is 3. The summed E-state index contributed by atoms with van der Waals surface area (Å²) in [6.45, 7) is 12.0. The molecule has 2 rings (SSSR count). The van der Waals surface area contributed by atoms with Gasteiger partial charge in [-0.1, -0.05) is 5.16 Å². The van der Waals surface area contributed by atoms with Crippen LogP contribution in [-0.2, 0) is 6.54 Å². The lowest BCUT2D eigenvalue weighted by atomic mass is 10.2. The van der Waals surface area contributed by atoms with Gasteiger partial charge in [0.15, 0.2) is 0 Å². The Balaban J connectivity index is 1.81. The number of piperazine rings is 1. The predicted octanol–water partition coefficient (Wildman–Crippen LogP) is 1.51. The van der Waals surface area contributed by atoms with Crippen molar-refractivity contribution in [2.45, 2.75) is 33.4 Å². The summed E-state index contributed by atoms with van der Waals surface area (Å²) in [5.41, 5.74) is 1.05. The molecule has 0 aliphatic carbocycles. The van der Waals surface area contributed by atoms with E-state index in [2.05, 4.69) is 28.8 Å². The maximum absolute atomic E-state index is 5.08. The zero-order valence-corrected chi connectivity index (χ0v) is 10.4. The van der Waals surface area contributed by atoms with Crippen LogP contribution in [0.1, 0.15) is 25.3 Å². The van der Waals surface area contributed by atoms with Crippen molar-refractivity contribution >= 4 is 0 Å². The van der Waals surface area contributed by atoms with E-state index in [1.54, 1.807) is 0 Å². The molecule has 2 heterocycles. The molecule has 0 N–H and O–H groups in total. The van der Waals surface area contributed by atoms with Gasteiger partial charge in [-0.15, -0.1) is 0 Å². The topological polar surface area (TPSA) is 32.5 Å². The first-order chi connectivity index (χ1) is 7.65. The second kappa shape index (κ2) is 4.97. The first kappa shape index (κ1) is 11.6. The van der Waals surface area contributed by atoms with Crippen LogP contribution in [0.3, 0.4) is 0 Å². The molecule has 1 aliphatic rings. The van der Waals surface area contributed by atoms with Crippen molar-refractivity contribution in [2.75, 3.05) is 26.2 Å². The largest absolute Gasteiger partial charge is 0.361 e. The summed E-state index contributed by atoms with van der Waals surface area (Å²) in [5.74, 6) is 0.899. The molecule has 0 atom stereocenters. The molecule has 1 aromatic heterocycles. The van der Waals surface area contributed by atoms with E-state index in [1.165, 1.54) is 0 Å². The quantitative estimate of drug-likeness (QED) is 0.777. The van der Waals surface area contributed by atoms with Gasteiger partial charge in [-0.3, -0.25) is 9.80 Å². The molecule has 4 heteroatoms. The number of aromatic nitrogens is 1. The molecule has 0 aromatic carbocycles. The zero-order chi connectivity index (χ0) is 11.5. The minimum Gasteiger partial charge on any atom is -0.361 e. The monoisotopic (exact) mass is 223 g/mol. The molecular formula is C12H21N3O. The molecule has 90 valence electrons. The second-order valence-corrected chi connectivity index (χ2v) is 4.83. The molecule has 1 aromatic rings. The Morgan fingerprint density at radius 2 is 2.00 bits per heavy atom. The molecule has 1 fully saturated rings. The van der Waals surface area contributed by atoms with E-state index >= 15 is 0 Å². The highest BCUT2D eigenvalue weighted by Crippen LogP contribution is 2.10. The summed E-state index contributed by atoms with van der Waals surface area (Å²) in [6.07, 6.45) is 0. The van der Waals surface area contributed by atoms with Gasteiger partial charge in [0.1, 0.15) is 5.76 Å². The fourth-order valence-electron chi connectivity index (χ4n) is 2.16. The van der Waals surface area contributed by atoms with Crippen molar-refractivity contribution in [2.24, 2.45) is 0 Å². The molecule has 0 amide bonds.